The van der Waals surface area contributed by atoms with Crippen LogP contribution >= 0.6 is 0 Å². The summed E-state index contributed by atoms with van der Waals surface area (Å²) in [5.74, 6) is -0.877. The Hall–Kier alpha value is -3.23. The Morgan fingerprint density at radius 2 is 1.81 bits per heavy atom. The van der Waals surface area contributed by atoms with Crippen molar-refractivity contribution < 1.29 is 28.6 Å². The van der Waals surface area contributed by atoms with E-state index in [-0.39, 0.29) is 42.5 Å². The van der Waals surface area contributed by atoms with Crippen LogP contribution in [0, 0.1) is 5.82 Å². The first-order valence-electron chi connectivity index (χ1n) is 12.4. The third kappa shape index (κ3) is 7.63. The number of amides is 1. The summed E-state index contributed by atoms with van der Waals surface area (Å²) in [6, 6.07) is 13.2. The Morgan fingerprint density at radius 3 is 2.42 bits per heavy atom. The molecule has 0 radical (unpaired) electrons. The molecule has 0 unspecified atom stereocenters. The number of carboxylic acids is 1. The predicted molar refractivity (Wildman–Crippen MR) is 135 cm³/mol. The van der Waals surface area contributed by atoms with E-state index in [9.17, 15) is 19.1 Å². The SMILES string of the molecule is CCC(CC)O[C@@H]1C=C(C(=O)O)C[C@H](NCc2ccc(OCc3ccccc3F)cc2)[C@H]1NC(C)=O. The number of rotatable bonds is 12. The maximum absolute atomic E-state index is 13.8. The van der Waals surface area contributed by atoms with Gasteiger partial charge in [0.25, 0.3) is 0 Å². The number of carboxylic acid groups (broad SMARTS) is 1. The van der Waals surface area contributed by atoms with E-state index in [1.54, 1.807) is 24.3 Å². The standard InChI is InChI=1S/C28H35FN2O5/c1-4-22(5-2)36-26-15-21(28(33)34)14-25(27(26)31-18(3)32)30-16-19-10-12-23(13-11-19)35-17-20-8-6-7-9-24(20)29/h6-13,15,22,25-27,30H,4-5,14,16-17H2,1-3H3,(H,31,32)(H,33,34)/t25-,26+,27+/m0/s1. The first-order valence-corrected chi connectivity index (χ1v) is 12.4. The molecule has 8 heteroatoms. The second kappa shape index (κ2) is 13.2. The molecule has 0 fully saturated rings. The van der Waals surface area contributed by atoms with Crippen molar-refractivity contribution in [3.8, 4) is 5.75 Å². The van der Waals surface area contributed by atoms with Crippen molar-refractivity contribution >= 4 is 11.9 Å². The van der Waals surface area contributed by atoms with E-state index >= 15 is 0 Å². The normalized spacial score (nSPS) is 19.6. The molecule has 0 bridgehead atoms. The Kier molecular flexibility index (Phi) is 10.0. The number of carbonyl (C=O) groups excluding carboxylic acids is 1. The number of ether oxygens (including phenoxy) is 2. The van der Waals surface area contributed by atoms with Crippen LogP contribution in [0.4, 0.5) is 4.39 Å². The highest BCUT2D eigenvalue weighted by Gasteiger charge is 2.37. The molecule has 3 atom stereocenters. The van der Waals surface area contributed by atoms with Crippen LogP contribution in [0.1, 0.15) is 51.2 Å². The Labute approximate surface area is 211 Å². The summed E-state index contributed by atoms with van der Waals surface area (Å²) in [5.41, 5.74) is 1.71. The van der Waals surface area contributed by atoms with Gasteiger partial charge in [-0.3, -0.25) is 4.79 Å². The lowest BCUT2D eigenvalue weighted by Gasteiger charge is -2.38. The van der Waals surface area contributed by atoms with Gasteiger partial charge in [-0.15, -0.1) is 0 Å². The summed E-state index contributed by atoms with van der Waals surface area (Å²) >= 11 is 0. The lowest BCUT2D eigenvalue weighted by molar-refractivity contribution is -0.133. The average Bonchev–Trinajstić information content (AvgIpc) is 2.86. The average molecular weight is 499 g/mol. The summed E-state index contributed by atoms with van der Waals surface area (Å²) < 4.78 is 25.7. The maximum atomic E-state index is 13.8. The molecular formula is C28H35FN2O5. The van der Waals surface area contributed by atoms with Crippen LogP contribution in [0.3, 0.4) is 0 Å². The van der Waals surface area contributed by atoms with Crippen molar-refractivity contribution in [3.63, 3.8) is 0 Å². The zero-order valence-corrected chi connectivity index (χ0v) is 21.0. The molecule has 0 heterocycles. The quantitative estimate of drug-likeness (QED) is 0.403. The molecule has 0 aromatic heterocycles. The third-order valence-electron chi connectivity index (χ3n) is 6.34. The van der Waals surface area contributed by atoms with Crippen molar-refractivity contribution in [2.24, 2.45) is 0 Å². The van der Waals surface area contributed by atoms with Crippen LogP contribution in [0.25, 0.3) is 0 Å². The predicted octanol–water partition coefficient (Wildman–Crippen LogP) is 4.36. The zero-order valence-electron chi connectivity index (χ0n) is 21.0. The minimum absolute atomic E-state index is 0.0341. The molecule has 3 N–H and O–H groups in total. The van der Waals surface area contributed by atoms with Gasteiger partial charge in [-0.25, -0.2) is 9.18 Å². The summed E-state index contributed by atoms with van der Waals surface area (Å²) in [6.45, 7) is 6.07. The molecule has 2 aromatic rings. The van der Waals surface area contributed by atoms with Crippen LogP contribution in [0.2, 0.25) is 0 Å². The number of benzene rings is 2. The zero-order chi connectivity index (χ0) is 26.1. The minimum atomic E-state index is -0.988. The Balaban J connectivity index is 1.67. The topological polar surface area (TPSA) is 96.9 Å². The smallest absolute Gasteiger partial charge is 0.331 e. The summed E-state index contributed by atoms with van der Waals surface area (Å²) in [6.07, 6.45) is 2.88. The molecule has 1 aliphatic rings. The van der Waals surface area contributed by atoms with Gasteiger partial charge in [-0.05, 0) is 49.1 Å². The van der Waals surface area contributed by atoms with E-state index in [1.807, 2.05) is 38.1 Å². The van der Waals surface area contributed by atoms with Gasteiger partial charge in [0.2, 0.25) is 5.91 Å². The molecule has 0 saturated heterocycles. The van der Waals surface area contributed by atoms with Gasteiger partial charge >= 0.3 is 5.97 Å². The molecule has 3 rings (SSSR count). The number of hydrogen-bond acceptors (Lipinski definition) is 5. The fourth-order valence-electron chi connectivity index (χ4n) is 4.29. The molecule has 1 amide bonds. The van der Waals surface area contributed by atoms with Crippen LogP contribution < -0.4 is 15.4 Å². The summed E-state index contributed by atoms with van der Waals surface area (Å²) in [7, 11) is 0. The van der Waals surface area contributed by atoms with Crippen LogP contribution in [0.15, 0.2) is 60.2 Å². The Bertz CT molecular complexity index is 1050. The number of halogens is 1. The minimum Gasteiger partial charge on any atom is -0.489 e. The molecule has 0 aliphatic heterocycles. The highest BCUT2D eigenvalue weighted by atomic mass is 19.1. The van der Waals surface area contributed by atoms with Crippen molar-refractivity contribution in [1.82, 2.24) is 10.6 Å². The van der Waals surface area contributed by atoms with E-state index < -0.39 is 18.1 Å². The van der Waals surface area contributed by atoms with Gasteiger partial charge in [0, 0.05) is 30.6 Å². The number of hydrogen-bond donors (Lipinski definition) is 3. The summed E-state index contributed by atoms with van der Waals surface area (Å²) in [4.78, 5) is 23.8. The largest absolute Gasteiger partial charge is 0.489 e. The number of aliphatic carboxylic acids is 1. The van der Waals surface area contributed by atoms with Gasteiger partial charge in [0.1, 0.15) is 18.2 Å². The number of carbonyl (C=O) groups is 2. The molecule has 0 saturated carbocycles. The monoisotopic (exact) mass is 498 g/mol. The van der Waals surface area contributed by atoms with Crippen LogP contribution in [-0.4, -0.2) is 41.3 Å². The fraction of sp³-hybridized carbons (Fsp3) is 0.429. The van der Waals surface area contributed by atoms with Crippen molar-refractivity contribution in [2.75, 3.05) is 0 Å². The van der Waals surface area contributed by atoms with E-state index in [0.717, 1.165) is 18.4 Å². The third-order valence-corrected chi connectivity index (χ3v) is 6.34. The highest BCUT2D eigenvalue weighted by molar-refractivity contribution is 5.87. The van der Waals surface area contributed by atoms with Gasteiger partial charge < -0.3 is 25.2 Å². The van der Waals surface area contributed by atoms with Crippen LogP contribution in [0.5, 0.6) is 5.75 Å². The molecule has 0 spiro atoms. The maximum Gasteiger partial charge on any atom is 0.331 e. The van der Waals surface area contributed by atoms with E-state index in [1.165, 1.54) is 13.0 Å². The fourth-order valence-corrected chi connectivity index (χ4v) is 4.29. The van der Waals surface area contributed by atoms with Crippen molar-refractivity contribution in [2.45, 2.75) is 77.5 Å². The molecule has 2 aromatic carbocycles. The highest BCUT2D eigenvalue weighted by Crippen LogP contribution is 2.25. The number of nitrogens with one attached hydrogen (secondary N) is 2. The molecule has 1 aliphatic carbocycles. The molecule has 194 valence electrons. The lowest BCUT2D eigenvalue weighted by Crippen LogP contribution is -2.58. The Morgan fingerprint density at radius 1 is 1.11 bits per heavy atom. The lowest BCUT2D eigenvalue weighted by atomic mass is 9.87. The van der Waals surface area contributed by atoms with Crippen LogP contribution in [-0.2, 0) is 27.5 Å². The van der Waals surface area contributed by atoms with E-state index in [0.29, 0.717) is 17.9 Å². The van der Waals surface area contributed by atoms with E-state index in [4.69, 9.17) is 9.47 Å². The van der Waals surface area contributed by atoms with Crippen molar-refractivity contribution in [1.29, 1.82) is 0 Å². The first-order chi connectivity index (χ1) is 17.3. The van der Waals surface area contributed by atoms with Crippen molar-refractivity contribution in [3.05, 3.63) is 77.1 Å². The van der Waals surface area contributed by atoms with Gasteiger partial charge in [0.15, 0.2) is 0 Å². The van der Waals surface area contributed by atoms with E-state index in [2.05, 4.69) is 10.6 Å². The molecule has 36 heavy (non-hydrogen) atoms. The van der Waals surface area contributed by atoms with Gasteiger partial charge in [-0.1, -0.05) is 44.2 Å². The second-order valence-corrected chi connectivity index (χ2v) is 8.98. The molecule has 7 nitrogen and oxygen atoms in total. The molecular weight excluding hydrogens is 463 g/mol. The first kappa shape index (κ1) is 27.4. The van der Waals surface area contributed by atoms with Gasteiger partial charge in [-0.2, -0.15) is 0 Å². The summed E-state index contributed by atoms with van der Waals surface area (Å²) in [5, 5.41) is 16.1. The second-order valence-electron chi connectivity index (χ2n) is 8.98. The van der Waals surface area contributed by atoms with Gasteiger partial charge in [0.05, 0.1) is 18.2 Å².